The summed E-state index contributed by atoms with van der Waals surface area (Å²) in [7, 11) is -2.07. The number of fused-ring (bicyclic) bond motifs is 2. The van der Waals surface area contributed by atoms with Gasteiger partial charge in [-0.15, -0.1) is 0 Å². The molecule has 2 saturated heterocycles. The summed E-state index contributed by atoms with van der Waals surface area (Å²) in [5, 5.41) is 0. The van der Waals surface area contributed by atoms with E-state index in [1.165, 1.54) is 16.7 Å². The smallest absolute Gasteiger partial charge is 0.408 e. The van der Waals surface area contributed by atoms with E-state index in [-0.39, 0.29) is 16.7 Å². The molecule has 2 unspecified atom stereocenters. The molecule has 0 bridgehead atoms. The summed E-state index contributed by atoms with van der Waals surface area (Å²) in [6.45, 7) is 4.51. The summed E-state index contributed by atoms with van der Waals surface area (Å²) in [4.78, 5) is 22.5. The molecular weight excluding hydrogens is 394 g/mol. The average Bonchev–Trinajstić information content (AvgIpc) is 3.34. The number of aryl methyl sites for hydroxylation is 2. The van der Waals surface area contributed by atoms with E-state index in [1.807, 2.05) is 6.92 Å². The van der Waals surface area contributed by atoms with Crippen LogP contribution in [0.4, 0.5) is 5.82 Å². The van der Waals surface area contributed by atoms with Gasteiger partial charge in [0.15, 0.2) is 5.58 Å². The second kappa shape index (κ2) is 6.39. The topological polar surface area (TPSA) is 102 Å². The van der Waals surface area contributed by atoms with Gasteiger partial charge in [0.05, 0.1) is 10.4 Å². The number of aromatic nitrogens is 3. The minimum atomic E-state index is -3.64. The lowest BCUT2D eigenvalue weighted by Gasteiger charge is -2.23. The Labute approximate surface area is 167 Å². The van der Waals surface area contributed by atoms with Crippen LogP contribution >= 0.6 is 0 Å². The number of anilines is 1. The van der Waals surface area contributed by atoms with Gasteiger partial charge in [0.1, 0.15) is 12.1 Å². The number of benzene rings is 1. The normalized spacial score (nSPS) is 22.5. The Balaban J connectivity index is 1.38. The minimum absolute atomic E-state index is 0.185. The van der Waals surface area contributed by atoms with E-state index in [2.05, 4.69) is 14.9 Å². The molecule has 2 aromatic heterocycles. The van der Waals surface area contributed by atoms with Gasteiger partial charge in [-0.05, 0) is 37.0 Å². The molecule has 1 aromatic carbocycles. The highest BCUT2D eigenvalue weighted by molar-refractivity contribution is 7.89. The van der Waals surface area contributed by atoms with Crippen molar-refractivity contribution < 1.29 is 12.8 Å². The molecule has 0 radical (unpaired) electrons. The van der Waals surface area contributed by atoms with Crippen LogP contribution in [0.15, 0.2) is 44.8 Å². The molecule has 2 fully saturated rings. The summed E-state index contributed by atoms with van der Waals surface area (Å²) in [6, 6.07) is 4.56. The fourth-order valence-electron chi connectivity index (χ4n) is 4.46. The Kier molecular flexibility index (Phi) is 4.04. The van der Waals surface area contributed by atoms with Crippen LogP contribution in [0.25, 0.3) is 11.1 Å². The highest BCUT2D eigenvalue weighted by Gasteiger charge is 2.44. The number of sulfonamides is 1. The molecule has 2 aliphatic heterocycles. The van der Waals surface area contributed by atoms with Crippen molar-refractivity contribution >= 4 is 26.9 Å². The first-order valence-electron chi connectivity index (χ1n) is 9.46. The van der Waals surface area contributed by atoms with Crippen LogP contribution in [0.5, 0.6) is 0 Å². The molecular formula is C19H21N5O4S. The van der Waals surface area contributed by atoms with E-state index in [0.717, 1.165) is 24.5 Å². The third-order valence-corrected chi connectivity index (χ3v) is 7.85. The van der Waals surface area contributed by atoms with E-state index >= 15 is 0 Å². The highest BCUT2D eigenvalue weighted by atomic mass is 32.2. The van der Waals surface area contributed by atoms with Crippen molar-refractivity contribution in [3.05, 3.63) is 46.8 Å². The van der Waals surface area contributed by atoms with Crippen molar-refractivity contribution in [2.75, 3.05) is 31.1 Å². The third kappa shape index (κ3) is 2.85. The molecule has 9 nitrogen and oxygen atoms in total. The zero-order valence-electron chi connectivity index (χ0n) is 16.1. The Morgan fingerprint density at radius 2 is 1.86 bits per heavy atom. The molecule has 0 spiro atoms. The van der Waals surface area contributed by atoms with Crippen molar-refractivity contribution in [1.82, 2.24) is 18.8 Å². The first kappa shape index (κ1) is 18.3. The summed E-state index contributed by atoms with van der Waals surface area (Å²) in [5.74, 6) is 0.947. The SMILES string of the molecule is Cc1cncnc1N1CC2CN(S(=O)(=O)c3ccc4oc(=O)n(C)c4c3)CC2C1. The predicted molar refractivity (Wildman–Crippen MR) is 106 cm³/mol. The summed E-state index contributed by atoms with van der Waals surface area (Å²) in [5.41, 5.74) is 1.88. The molecule has 10 heteroatoms. The van der Waals surface area contributed by atoms with E-state index < -0.39 is 15.8 Å². The fraction of sp³-hybridized carbons (Fsp3) is 0.421. The van der Waals surface area contributed by atoms with Gasteiger partial charge in [-0.1, -0.05) is 0 Å². The zero-order valence-corrected chi connectivity index (χ0v) is 17.0. The zero-order chi connectivity index (χ0) is 20.3. The molecule has 0 aliphatic carbocycles. The Bertz CT molecular complexity index is 1250. The highest BCUT2D eigenvalue weighted by Crippen LogP contribution is 2.36. The lowest BCUT2D eigenvalue weighted by atomic mass is 10.0. The molecule has 4 heterocycles. The molecule has 3 aromatic rings. The van der Waals surface area contributed by atoms with E-state index in [9.17, 15) is 13.2 Å². The van der Waals surface area contributed by atoms with Gasteiger partial charge in [-0.25, -0.2) is 23.2 Å². The van der Waals surface area contributed by atoms with Gasteiger partial charge in [-0.3, -0.25) is 4.57 Å². The van der Waals surface area contributed by atoms with Crippen molar-refractivity contribution in [3.8, 4) is 0 Å². The number of hydrogen-bond acceptors (Lipinski definition) is 7. The molecule has 0 N–H and O–H groups in total. The minimum Gasteiger partial charge on any atom is -0.408 e. The standard InChI is InChI=1S/C19H21N5O4S/c1-12-6-20-11-21-18(12)23-7-13-9-24(10-14(13)8-23)29(26,27)15-3-4-17-16(5-15)22(2)19(25)28-17/h3-6,11,13-14H,7-10H2,1-2H3. The van der Waals surface area contributed by atoms with Crippen molar-refractivity contribution in [1.29, 1.82) is 0 Å². The largest absolute Gasteiger partial charge is 0.419 e. The molecule has 5 rings (SSSR count). The maximum absolute atomic E-state index is 13.2. The monoisotopic (exact) mass is 415 g/mol. The van der Waals surface area contributed by atoms with Crippen LogP contribution in [0, 0.1) is 18.8 Å². The van der Waals surface area contributed by atoms with E-state index in [0.29, 0.717) is 24.2 Å². The van der Waals surface area contributed by atoms with Crippen LogP contribution < -0.4 is 10.7 Å². The second-order valence-electron chi connectivity index (χ2n) is 7.83. The molecule has 2 atom stereocenters. The van der Waals surface area contributed by atoms with Gasteiger partial charge < -0.3 is 9.32 Å². The van der Waals surface area contributed by atoms with Crippen molar-refractivity contribution in [2.45, 2.75) is 11.8 Å². The fourth-order valence-corrected chi connectivity index (χ4v) is 6.03. The van der Waals surface area contributed by atoms with Crippen LogP contribution in [-0.2, 0) is 17.1 Å². The van der Waals surface area contributed by atoms with Gasteiger partial charge >= 0.3 is 5.76 Å². The lowest BCUT2D eigenvalue weighted by Crippen LogP contribution is -2.33. The van der Waals surface area contributed by atoms with Crippen LogP contribution in [0.1, 0.15) is 5.56 Å². The summed E-state index contributed by atoms with van der Waals surface area (Å²) < 4.78 is 34.4. The van der Waals surface area contributed by atoms with Crippen LogP contribution in [0.2, 0.25) is 0 Å². The van der Waals surface area contributed by atoms with Crippen molar-refractivity contribution in [3.63, 3.8) is 0 Å². The Morgan fingerprint density at radius 3 is 2.55 bits per heavy atom. The quantitative estimate of drug-likeness (QED) is 0.629. The average molecular weight is 415 g/mol. The number of oxazole rings is 1. The first-order valence-corrected chi connectivity index (χ1v) is 10.9. The molecule has 29 heavy (non-hydrogen) atoms. The summed E-state index contributed by atoms with van der Waals surface area (Å²) in [6.07, 6.45) is 3.35. The van der Waals surface area contributed by atoms with Gasteiger partial charge in [0, 0.05) is 45.0 Å². The maximum atomic E-state index is 13.2. The second-order valence-corrected chi connectivity index (χ2v) is 9.77. The number of hydrogen-bond donors (Lipinski definition) is 0. The van der Waals surface area contributed by atoms with Crippen LogP contribution in [0.3, 0.4) is 0 Å². The van der Waals surface area contributed by atoms with Gasteiger partial charge in [0.2, 0.25) is 10.0 Å². The van der Waals surface area contributed by atoms with Gasteiger partial charge in [-0.2, -0.15) is 4.31 Å². The first-order chi connectivity index (χ1) is 13.8. The van der Waals surface area contributed by atoms with Crippen LogP contribution in [-0.4, -0.2) is 53.4 Å². The Hall–Kier alpha value is -2.72. The molecule has 2 aliphatic rings. The third-order valence-electron chi connectivity index (χ3n) is 6.02. The predicted octanol–water partition coefficient (Wildman–Crippen LogP) is 0.987. The maximum Gasteiger partial charge on any atom is 0.419 e. The van der Waals surface area contributed by atoms with E-state index in [1.54, 1.807) is 29.9 Å². The summed E-state index contributed by atoms with van der Waals surface area (Å²) >= 11 is 0. The molecule has 152 valence electrons. The van der Waals surface area contributed by atoms with Gasteiger partial charge in [0.25, 0.3) is 0 Å². The lowest BCUT2D eigenvalue weighted by molar-refractivity contribution is 0.453. The molecule has 0 saturated carbocycles. The Morgan fingerprint density at radius 1 is 1.14 bits per heavy atom. The molecule has 0 amide bonds. The number of nitrogens with zero attached hydrogens (tertiary/aromatic N) is 5. The number of rotatable bonds is 3. The van der Waals surface area contributed by atoms with E-state index in [4.69, 9.17) is 4.42 Å². The van der Waals surface area contributed by atoms with Crippen molar-refractivity contribution in [2.24, 2.45) is 18.9 Å².